The topological polar surface area (TPSA) is 45.1 Å². The van der Waals surface area contributed by atoms with Gasteiger partial charge < -0.3 is 10.4 Å². The molecule has 1 heterocycles. The van der Waals surface area contributed by atoms with E-state index in [-0.39, 0.29) is 6.04 Å². The molecular formula is C15H22N2O. The summed E-state index contributed by atoms with van der Waals surface area (Å²) in [6, 6.07) is 4.16. The fourth-order valence-corrected chi connectivity index (χ4v) is 3.77. The lowest BCUT2D eigenvalue weighted by molar-refractivity contribution is -0.0835. The van der Waals surface area contributed by atoms with Crippen molar-refractivity contribution in [2.24, 2.45) is 5.92 Å². The third-order valence-corrected chi connectivity index (χ3v) is 4.74. The molecule has 3 nitrogen and oxygen atoms in total. The van der Waals surface area contributed by atoms with Crippen molar-refractivity contribution < 1.29 is 5.11 Å². The van der Waals surface area contributed by atoms with Gasteiger partial charge in [-0.15, -0.1) is 0 Å². The van der Waals surface area contributed by atoms with Gasteiger partial charge in [0.25, 0.3) is 0 Å². The van der Waals surface area contributed by atoms with Gasteiger partial charge in [0.15, 0.2) is 0 Å². The van der Waals surface area contributed by atoms with E-state index in [1.807, 2.05) is 18.3 Å². The van der Waals surface area contributed by atoms with Crippen molar-refractivity contribution in [3.63, 3.8) is 0 Å². The number of nitrogens with one attached hydrogen (secondary N) is 1. The Morgan fingerprint density at radius 3 is 2.94 bits per heavy atom. The highest BCUT2D eigenvalue weighted by atomic mass is 16.3. The van der Waals surface area contributed by atoms with Crippen molar-refractivity contribution in [2.45, 2.75) is 56.6 Å². The first-order chi connectivity index (χ1) is 8.79. The lowest BCUT2D eigenvalue weighted by Gasteiger charge is -2.49. The van der Waals surface area contributed by atoms with E-state index in [0.29, 0.717) is 5.92 Å². The predicted octanol–water partition coefficient (Wildman–Crippen LogP) is 2.97. The van der Waals surface area contributed by atoms with Crippen LogP contribution in [-0.2, 0) is 0 Å². The van der Waals surface area contributed by atoms with Gasteiger partial charge in [0.05, 0.1) is 17.3 Å². The van der Waals surface area contributed by atoms with Crippen molar-refractivity contribution in [3.05, 3.63) is 24.5 Å². The van der Waals surface area contributed by atoms with E-state index in [0.717, 1.165) is 24.9 Å². The molecule has 3 heteroatoms. The molecule has 3 atom stereocenters. The zero-order chi connectivity index (χ0) is 12.4. The van der Waals surface area contributed by atoms with Crippen molar-refractivity contribution >= 4 is 5.69 Å². The normalized spacial score (nSPS) is 35.8. The number of aromatic nitrogens is 1. The zero-order valence-electron chi connectivity index (χ0n) is 10.8. The Balaban J connectivity index is 1.78. The summed E-state index contributed by atoms with van der Waals surface area (Å²) in [5.74, 6) is 0.495. The Morgan fingerprint density at radius 1 is 1.22 bits per heavy atom. The molecule has 1 aromatic rings. The van der Waals surface area contributed by atoms with Crippen LogP contribution in [0.5, 0.6) is 0 Å². The summed E-state index contributed by atoms with van der Waals surface area (Å²) in [6.45, 7) is 0. The SMILES string of the molecule is O[C@]12CCCC[C@@H]1CCC[C@@H]2Nc1cccnc1. The van der Waals surface area contributed by atoms with E-state index in [2.05, 4.69) is 10.3 Å². The van der Waals surface area contributed by atoms with Crippen LogP contribution < -0.4 is 5.32 Å². The average Bonchev–Trinajstić information content (AvgIpc) is 2.41. The Kier molecular flexibility index (Phi) is 3.25. The molecule has 18 heavy (non-hydrogen) atoms. The molecule has 2 N–H and O–H groups in total. The van der Waals surface area contributed by atoms with Crippen LogP contribution in [0.1, 0.15) is 44.9 Å². The van der Waals surface area contributed by atoms with E-state index in [1.165, 1.54) is 25.7 Å². The molecule has 3 rings (SSSR count). The second kappa shape index (κ2) is 4.88. The molecule has 2 aliphatic carbocycles. The highest BCUT2D eigenvalue weighted by Gasteiger charge is 2.47. The molecule has 0 aliphatic heterocycles. The van der Waals surface area contributed by atoms with Crippen LogP contribution in [0.15, 0.2) is 24.5 Å². The Hall–Kier alpha value is -1.09. The Labute approximate surface area is 109 Å². The van der Waals surface area contributed by atoms with Crippen LogP contribution >= 0.6 is 0 Å². The first-order valence-electron chi connectivity index (χ1n) is 7.18. The number of aliphatic hydroxyl groups is 1. The van der Waals surface area contributed by atoms with Crippen LogP contribution in [0.2, 0.25) is 0 Å². The average molecular weight is 246 g/mol. The van der Waals surface area contributed by atoms with E-state index in [9.17, 15) is 5.11 Å². The maximum absolute atomic E-state index is 11.0. The Bertz CT molecular complexity index is 393. The van der Waals surface area contributed by atoms with E-state index in [1.54, 1.807) is 6.20 Å². The first kappa shape index (κ1) is 12.0. The number of hydrogen-bond acceptors (Lipinski definition) is 3. The molecule has 0 bridgehead atoms. The highest BCUT2D eigenvalue weighted by Crippen LogP contribution is 2.44. The van der Waals surface area contributed by atoms with Crippen LogP contribution in [0, 0.1) is 5.92 Å². The molecule has 0 radical (unpaired) electrons. The first-order valence-corrected chi connectivity index (χ1v) is 7.18. The molecule has 0 aromatic carbocycles. The smallest absolute Gasteiger partial charge is 0.0875 e. The second-order valence-electron chi connectivity index (χ2n) is 5.80. The summed E-state index contributed by atoms with van der Waals surface area (Å²) in [7, 11) is 0. The number of hydrogen-bond donors (Lipinski definition) is 2. The van der Waals surface area contributed by atoms with Gasteiger partial charge in [-0.1, -0.05) is 19.3 Å². The van der Waals surface area contributed by atoms with Gasteiger partial charge in [0, 0.05) is 12.4 Å². The van der Waals surface area contributed by atoms with Crippen LogP contribution in [0.3, 0.4) is 0 Å². The number of nitrogens with zero attached hydrogens (tertiary/aromatic N) is 1. The van der Waals surface area contributed by atoms with Crippen molar-refractivity contribution in [3.8, 4) is 0 Å². The van der Waals surface area contributed by atoms with Crippen molar-refractivity contribution in [1.29, 1.82) is 0 Å². The Morgan fingerprint density at radius 2 is 2.11 bits per heavy atom. The van der Waals surface area contributed by atoms with Gasteiger partial charge >= 0.3 is 0 Å². The maximum Gasteiger partial charge on any atom is 0.0875 e. The molecule has 2 aliphatic rings. The summed E-state index contributed by atoms with van der Waals surface area (Å²) < 4.78 is 0. The number of fused-ring (bicyclic) bond motifs is 1. The van der Waals surface area contributed by atoms with Crippen molar-refractivity contribution in [2.75, 3.05) is 5.32 Å². The monoisotopic (exact) mass is 246 g/mol. The van der Waals surface area contributed by atoms with E-state index < -0.39 is 5.60 Å². The third-order valence-electron chi connectivity index (χ3n) is 4.74. The van der Waals surface area contributed by atoms with Gasteiger partial charge in [-0.05, 0) is 43.7 Å². The predicted molar refractivity (Wildman–Crippen MR) is 72.4 cm³/mol. The van der Waals surface area contributed by atoms with Crippen molar-refractivity contribution in [1.82, 2.24) is 4.98 Å². The zero-order valence-corrected chi connectivity index (χ0v) is 10.8. The largest absolute Gasteiger partial charge is 0.387 e. The van der Waals surface area contributed by atoms with Gasteiger partial charge in [-0.25, -0.2) is 0 Å². The maximum atomic E-state index is 11.0. The minimum absolute atomic E-state index is 0.195. The molecule has 1 aromatic heterocycles. The minimum Gasteiger partial charge on any atom is -0.387 e. The summed E-state index contributed by atoms with van der Waals surface area (Å²) in [5, 5.41) is 14.5. The molecule has 0 unspecified atom stereocenters. The molecule has 0 saturated heterocycles. The summed E-state index contributed by atoms with van der Waals surface area (Å²) >= 11 is 0. The molecular weight excluding hydrogens is 224 g/mol. The highest BCUT2D eigenvalue weighted by molar-refractivity contribution is 5.42. The van der Waals surface area contributed by atoms with Gasteiger partial charge in [-0.3, -0.25) is 4.98 Å². The fraction of sp³-hybridized carbons (Fsp3) is 0.667. The standard InChI is InChI=1S/C15H22N2O/c18-15-9-2-1-5-12(15)6-3-8-14(15)17-13-7-4-10-16-11-13/h4,7,10-12,14,17-18H,1-3,5-6,8-9H2/t12-,14+,15-/m1/s1. The molecule has 0 spiro atoms. The van der Waals surface area contributed by atoms with Gasteiger partial charge in [0.2, 0.25) is 0 Å². The van der Waals surface area contributed by atoms with Crippen LogP contribution in [-0.4, -0.2) is 21.7 Å². The summed E-state index contributed by atoms with van der Waals surface area (Å²) in [4.78, 5) is 4.13. The molecule has 2 saturated carbocycles. The molecule has 2 fully saturated rings. The van der Waals surface area contributed by atoms with Crippen LogP contribution in [0.25, 0.3) is 0 Å². The number of anilines is 1. The summed E-state index contributed by atoms with van der Waals surface area (Å²) in [5.41, 5.74) is 0.536. The second-order valence-corrected chi connectivity index (χ2v) is 5.80. The quantitative estimate of drug-likeness (QED) is 0.843. The lowest BCUT2D eigenvalue weighted by Crippen LogP contribution is -2.56. The molecule has 98 valence electrons. The van der Waals surface area contributed by atoms with Crippen LogP contribution in [0.4, 0.5) is 5.69 Å². The third kappa shape index (κ3) is 2.12. The van der Waals surface area contributed by atoms with Gasteiger partial charge in [-0.2, -0.15) is 0 Å². The minimum atomic E-state index is -0.494. The lowest BCUT2D eigenvalue weighted by atomic mass is 9.65. The molecule has 0 amide bonds. The number of rotatable bonds is 2. The number of pyridine rings is 1. The summed E-state index contributed by atoms with van der Waals surface area (Å²) in [6.07, 6.45) is 11.7. The van der Waals surface area contributed by atoms with Gasteiger partial charge in [0.1, 0.15) is 0 Å². The van der Waals surface area contributed by atoms with E-state index >= 15 is 0 Å². The van der Waals surface area contributed by atoms with E-state index in [4.69, 9.17) is 0 Å². The fourth-order valence-electron chi connectivity index (χ4n) is 3.77.